The van der Waals surface area contributed by atoms with Gasteiger partial charge < -0.3 is 9.84 Å². The molecule has 3 rings (SSSR count). The second-order valence-corrected chi connectivity index (χ2v) is 5.23. The number of benzene rings is 2. The van der Waals surface area contributed by atoms with Crippen LogP contribution in [0.15, 0.2) is 54.6 Å². The van der Waals surface area contributed by atoms with Crippen LogP contribution in [-0.2, 0) is 0 Å². The molecule has 2 aromatic carbocycles. The maximum Gasteiger partial charge on any atom is 0.198 e. The maximum absolute atomic E-state index is 9.84. The normalized spacial score (nSPS) is 21.5. The first-order valence-electron chi connectivity index (χ1n) is 6.91. The lowest BCUT2D eigenvalue weighted by molar-refractivity contribution is -0.0353. The van der Waals surface area contributed by atoms with Gasteiger partial charge in [-0.25, -0.2) is 0 Å². The van der Waals surface area contributed by atoms with Gasteiger partial charge in [0.05, 0.1) is 0 Å². The molecule has 102 valence electrons. The first-order chi connectivity index (χ1) is 9.72. The fourth-order valence-electron chi connectivity index (χ4n) is 2.58. The molecule has 2 atom stereocenters. The molecule has 1 aliphatic rings. The van der Waals surface area contributed by atoms with E-state index in [1.807, 2.05) is 30.3 Å². The fraction of sp³-hybridized carbons (Fsp3) is 0.222. The summed E-state index contributed by atoms with van der Waals surface area (Å²) in [6, 6.07) is 16.3. The molecule has 1 aliphatic heterocycles. The third-order valence-electron chi connectivity index (χ3n) is 3.60. The first kappa shape index (κ1) is 12.9. The van der Waals surface area contributed by atoms with E-state index in [2.05, 4.69) is 37.3 Å². The Hall–Kier alpha value is -2.06. The summed E-state index contributed by atoms with van der Waals surface area (Å²) in [7, 11) is 0. The molecule has 0 saturated heterocycles. The zero-order valence-corrected chi connectivity index (χ0v) is 11.5. The molecule has 20 heavy (non-hydrogen) atoms. The number of aryl methyl sites for hydroxylation is 1. The predicted octanol–water partition coefficient (Wildman–Crippen LogP) is 3.89. The molecular weight excluding hydrogens is 248 g/mol. The average molecular weight is 266 g/mol. The Labute approximate surface area is 119 Å². The zero-order chi connectivity index (χ0) is 13.9. The quantitative estimate of drug-likeness (QED) is 0.893. The molecule has 2 nitrogen and oxygen atoms in total. The molecule has 0 fully saturated rings. The lowest BCUT2D eigenvalue weighted by Gasteiger charge is -2.28. The molecule has 0 aromatic heterocycles. The average Bonchev–Trinajstić information content (AvgIpc) is 2.46. The Morgan fingerprint density at radius 1 is 1.15 bits per heavy atom. The summed E-state index contributed by atoms with van der Waals surface area (Å²) in [6.07, 6.45) is 4.13. The van der Waals surface area contributed by atoms with Gasteiger partial charge in [-0.2, -0.15) is 0 Å². The summed E-state index contributed by atoms with van der Waals surface area (Å²) in [6.45, 7) is 2.07. The molecule has 0 saturated carbocycles. The number of allylic oxidation sites excluding steroid dienone is 1. The van der Waals surface area contributed by atoms with E-state index in [1.54, 1.807) is 0 Å². The Bertz CT molecular complexity index is 617. The van der Waals surface area contributed by atoms with Crippen molar-refractivity contribution in [3.63, 3.8) is 0 Å². The molecular formula is C18H18O2. The zero-order valence-electron chi connectivity index (χ0n) is 11.5. The van der Waals surface area contributed by atoms with Crippen molar-refractivity contribution in [3.05, 3.63) is 71.3 Å². The van der Waals surface area contributed by atoms with Crippen LogP contribution in [0.5, 0.6) is 5.75 Å². The van der Waals surface area contributed by atoms with Crippen molar-refractivity contribution in [3.8, 4) is 5.75 Å². The smallest absolute Gasteiger partial charge is 0.198 e. The van der Waals surface area contributed by atoms with Crippen molar-refractivity contribution in [1.29, 1.82) is 0 Å². The third-order valence-corrected chi connectivity index (χ3v) is 3.60. The van der Waals surface area contributed by atoms with Crippen molar-refractivity contribution in [2.75, 3.05) is 0 Å². The SMILES string of the molecule is Cc1ccc2c(c1)C(C=Cc1ccccc1)C[C@H](O)O2. The van der Waals surface area contributed by atoms with Gasteiger partial charge in [0, 0.05) is 17.9 Å². The number of hydrogen-bond acceptors (Lipinski definition) is 2. The highest BCUT2D eigenvalue weighted by atomic mass is 16.6. The minimum atomic E-state index is -0.726. The van der Waals surface area contributed by atoms with E-state index < -0.39 is 6.29 Å². The molecule has 0 aliphatic carbocycles. The number of hydrogen-bond donors (Lipinski definition) is 1. The van der Waals surface area contributed by atoms with Gasteiger partial charge in [-0.3, -0.25) is 0 Å². The number of fused-ring (bicyclic) bond motifs is 1. The summed E-state index contributed by atoms with van der Waals surface area (Å²) in [5, 5.41) is 9.84. The van der Waals surface area contributed by atoms with Crippen LogP contribution < -0.4 is 4.74 Å². The van der Waals surface area contributed by atoms with Gasteiger partial charge in [-0.05, 0) is 18.6 Å². The Morgan fingerprint density at radius 2 is 1.95 bits per heavy atom. The summed E-state index contributed by atoms with van der Waals surface area (Å²) in [4.78, 5) is 0. The predicted molar refractivity (Wildman–Crippen MR) is 80.6 cm³/mol. The van der Waals surface area contributed by atoms with Crippen LogP contribution in [0.25, 0.3) is 6.08 Å². The number of rotatable bonds is 2. The summed E-state index contributed by atoms with van der Waals surface area (Å²) in [5.41, 5.74) is 3.53. The Kier molecular flexibility index (Phi) is 3.57. The third kappa shape index (κ3) is 2.75. The fourth-order valence-corrected chi connectivity index (χ4v) is 2.58. The summed E-state index contributed by atoms with van der Waals surface area (Å²) < 4.78 is 5.49. The number of aliphatic hydroxyl groups excluding tert-OH is 1. The van der Waals surface area contributed by atoms with E-state index in [9.17, 15) is 5.11 Å². The van der Waals surface area contributed by atoms with Crippen LogP contribution in [0.4, 0.5) is 0 Å². The monoisotopic (exact) mass is 266 g/mol. The summed E-state index contributed by atoms with van der Waals surface area (Å²) in [5.74, 6) is 0.978. The van der Waals surface area contributed by atoms with Crippen molar-refractivity contribution in [2.45, 2.75) is 25.6 Å². The van der Waals surface area contributed by atoms with Crippen molar-refractivity contribution < 1.29 is 9.84 Å². The van der Waals surface area contributed by atoms with Crippen LogP contribution in [-0.4, -0.2) is 11.4 Å². The molecule has 1 N–H and O–H groups in total. The van der Waals surface area contributed by atoms with Crippen molar-refractivity contribution in [2.24, 2.45) is 0 Å². The lowest BCUT2D eigenvalue weighted by atomic mass is 9.90. The molecule has 0 radical (unpaired) electrons. The van der Waals surface area contributed by atoms with E-state index in [0.717, 1.165) is 11.3 Å². The van der Waals surface area contributed by atoms with Crippen LogP contribution in [0, 0.1) is 6.92 Å². The van der Waals surface area contributed by atoms with Gasteiger partial charge in [0.2, 0.25) is 0 Å². The summed E-state index contributed by atoms with van der Waals surface area (Å²) >= 11 is 0. The van der Waals surface area contributed by atoms with Gasteiger partial charge in [0.1, 0.15) is 5.75 Å². The molecule has 1 unspecified atom stereocenters. The largest absolute Gasteiger partial charge is 0.465 e. The minimum Gasteiger partial charge on any atom is -0.465 e. The lowest BCUT2D eigenvalue weighted by Crippen LogP contribution is -2.24. The number of aliphatic hydroxyl groups is 1. The van der Waals surface area contributed by atoms with E-state index in [0.29, 0.717) is 6.42 Å². The van der Waals surface area contributed by atoms with Crippen LogP contribution in [0.1, 0.15) is 29.0 Å². The van der Waals surface area contributed by atoms with E-state index >= 15 is 0 Å². The molecule has 2 heteroatoms. The maximum atomic E-state index is 9.84. The topological polar surface area (TPSA) is 29.5 Å². The van der Waals surface area contributed by atoms with Crippen LogP contribution >= 0.6 is 0 Å². The standard InChI is InChI=1S/C18H18O2/c1-13-7-10-17-16(11-13)15(12-18(19)20-17)9-8-14-5-3-2-4-6-14/h2-11,15,18-19H,12H2,1H3/t15?,18-/m1/s1. The highest BCUT2D eigenvalue weighted by molar-refractivity contribution is 5.52. The van der Waals surface area contributed by atoms with E-state index in [4.69, 9.17) is 4.74 Å². The Morgan fingerprint density at radius 3 is 2.75 bits per heavy atom. The highest BCUT2D eigenvalue weighted by Gasteiger charge is 2.25. The van der Waals surface area contributed by atoms with Crippen molar-refractivity contribution in [1.82, 2.24) is 0 Å². The van der Waals surface area contributed by atoms with Gasteiger partial charge in [0.25, 0.3) is 0 Å². The number of ether oxygens (including phenoxy) is 1. The van der Waals surface area contributed by atoms with Crippen LogP contribution in [0.3, 0.4) is 0 Å². The van der Waals surface area contributed by atoms with E-state index in [1.165, 1.54) is 11.1 Å². The van der Waals surface area contributed by atoms with E-state index in [-0.39, 0.29) is 5.92 Å². The van der Waals surface area contributed by atoms with Gasteiger partial charge in [-0.15, -0.1) is 0 Å². The minimum absolute atomic E-state index is 0.189. The molecule has 2 aromatic rings. The first-order valence-corrected chi connectivity index (χ1v) is 6.91. The van der Waals surface area contributed by atoms with Crippen LogP contribution in [0.2, 0.25) is 0 Å². The molecule has 0 amide bonds. The Balaban J connectivity index is 1.91. The highest BCUT2D eigenvalue weighted by Crippen LogP contribution is 2.37. The van der Waals surface area contributed by atoms with Gasteiger partial charge in [-0.1, -0.05) is 60.2 Å². The van der Waals surface area contributed by atoms with Gasteiger partial charge >= 0.3 is 0 Å². The molecule has 0 bridgehead atoms. The molecule has 0 spiro atoms. The second kappa shape index (κ2) is 5.51. The second-order valence-electron chi connectivity index (χ2n) is 5.23. The van der Waals surface area contributed by atoms with Crippen molar-refractivity contribution >= 4 is 6.08 Å². The van der Waals surface area contributed by atoms with Gasteiger partial charge in [0.15, 0.2) is 6.29 Å². The molecule has 1 heterocycles.